The summed E-state index contributed by atoms with van der Waals surface area (Å²) in [6.07, 6.45) is 6.92. The number of hydrogen-bond donors (Lipinski definition) is 1. The van der Waals surface area contributed by atoms with E-state index in [0.29, 0.717) is 11.1 Å². The van der Waals surface area contributed by atoms with Crippen LogP contribution in [-0.2, 0) is 14.1 Å². The molecule has 0 saturated heterocycles. The van der Waals surface area contributed by atoms with Gasteiger partial charge in [-0.05, 0) is 6.07 Å². The van der Waals surface area contributed by atoms with Crippen LogP contribution in [0.2, 0.25) is 0 Å². The molecule has 0 amide bonds. The van der Waals surface area contributed by atoms with Crippen LogP contribution >= 0.6 is 12.4 Å². The predicted octanol–water partition coefficient (Wildman–Crippen LogP) is 1.07. The van der Waals surface area contributed by atoms with E-state index in [1.807, 2.05) is 24.7 Å². The summed E-state index contributed by atoms with van der Waals surface area (Å²) in [5, 5.41) is 4.61. The van der Waals surface area contributed by atoms with Gasteiger partial charge < -0.3 is 10.3 Å². The second-order valence-electron chi connectivity index (χ2n) is 4.32. The third-order valence-electron chi connectivity index (χ3n) is 3.04. The van der Waals surface area contributed by atoms with Gasteiger partial charge in [-0.25, -0.2) is 0 Å². The number of nitrogens with two attached hydrogens (primary N) is 1. The Morgan fingerprint density at radius 1 is 1.26 bits per heavy atom. The number of halogens is 1. The number of nitrogens with zero attached hydrogens (tertiary/aromatic N) is 4. The monoisotopic (exact) mass is 279 g/mol. The van der Waals surface area contributed by atoms with Crippen LogP contribution in [-0.4, -0.2) is 18.9 Å². The van der Waals surface area contributed by atoms with E-state index in [-0.39, 0.29) is 18.0 Å². The molecule has 7 heteroatoms. The highest BCUT2D eigenvalue weighted by Crippen LogP contribution is 2.19. The van der Waals surface area contributed by atoms with Gasteiger partial charge in [-0.3, -0.25) is 14.0 Å². The summed E-state index contributed by atoms with van der Waals surface area (Å²) in [6, 6.07) is 1.88. The first-order valence-electron chi connectivity index (χ1n) is 5.53. The predicted molar refractivity (Wildman–Crippen MR) is 76.9 cm³/mol. The molecule has 0 aromatic carbocycles. The lowest BCUT2D eigenvalue weighted by molar-refractivity contribution is 0.767. The lowest BCUT2D eigenvalue weighted by Gasteiger charge is -2.03. The highest BCUT2D eigenvalue weighted by molar-refractivity contribution is 5.91. The summed E-state index contributed by atoms with van der Waals surface area (Å²) >= 11 is 0. The van der Waals surface area contributed by atoms with Gasteiger partial charge in [-0.1, -0.05) is 0 Å². The molecule has 19 heavy (non-hydrogen) atoms. The molecule has 2 N–H and O–H groups in total. The van der Waals surface area contributed by atoms with Crippen molar-refractivity contribution in [3.8, 4) is 5.69 Å². The summed E-state index contributed by atoms with van der Waals surface area (Å²) in [6.45, 7) is 0. The van der Waals surface area contributed by atoms with Gasteiger partial charge in [0, 0.05) is 32.7 Å². The van der Waals surface area contributed by atoms with Gasteiger partial charge in [-0.2, -0.15) is 5.10 Å². The molecule has 6 nitrogen and oxygen atoms in total. The Kier molecular flexibility index (Phi) is 3.11. The average molecular weight is 280 g/mol. The zero-order valence-corrected chi connectivity index (χ0v) is 11.4. The van der Waals surface area contributed by atoms with E-state index in [2.05, 4.69) is 5.10 Å². The van der Waals surface area contributed by atoms with E-state index in [4.69, 9.17) is 5.73 Å². The Hall–Kier alpha value is -2.21. The number of nitrogen functional groups attached to an aromatic ring is 1. The van der Waals surface area contributed by atoms with Crippen molar-refractivity contribution in [1.82, 2.24) is 18.9 Å². The Morgan fingerprint density at radius 2 is 2.00 bits per heavy atom. The fourth-order valence-corrected chi connectivity index (χ4v) is 2.17. The standard InChI is InChI=1S/C12H13N5O.ClH/c1-15-7-9(13)11-10(15)3-4-17(12(11)18)8-5-14-16(2)6-8;/h3-7H,13H2,1-2H3;1H. The maximum Gasteiger partial charge on any atom is 0.266 e. The normalized spacial score (nSPS) is 10.6. The van der Waals surface area contributed by atoms with Crippen molar-refractivity contribution in [2.45, 2.75) is 0 Å². The first-order valence-corrected chi connectivity index (χ1v) is 5.53. The van der Waals surface area contributed by atoms with Crippen molar-refractivity contribution >= 4 is 29.0 Å². The third-order valence-corrected chi connectivity index (χ3v) is 3.04. The zero-order valence-electron chi connectivity index (χ0n) is 10.6. The first-order chi connectivity index (χ1) is 8.58. The van der Waals surface area contributed by atoms with E-state index in [1.54, 1.807) is 34.0 Å². The van der Waals surface area contributed by atoms with Crippen molar-refractivity contribution in [3.05, 3.63) is 41.2 Å². The number of aromatic nitrogens is 4. The second-order valence-corrected chi connectivity index (χ2v) is 4.32. The quantitative estimate of drug-likeness (QED) is 0.724. The molecule has 3 rings (SSSR count). The number of fused-ring (bicyclic) bond motifs is 1. The molecule has 0 fully saturated rings. The highest BCUT2D eigenvalue weighted by atomic mass is 35.5. The Balaban J connectivity index is 0.00000133. The smallest absolute Gasteiger partial charge is 0.266 e. The van der Waals surface area contributed by atoms with Gasteiger partial charge in [0.1, 0.15) is 0 Å². The second kappa shape index (κ2) is 4.47. The average Bonchev–Trinajstić information content (AvgIpc) is 2.85. The van der Waals surface area contributed by atoms with Crippen molar-refractivity contribution in [2.75, 3.05) is 5.73 Å². The van der Waals surface area contributed by atoms with Crippen LogP contribution in [0.1, 0.15) is 0 Å². The molecular weight excluding hydrogens is 266 g/mol. The lowest BCUT2D eigenvalue weighted by Crippen LogP contribution is -2.17. The molecule has 0 atom stereocenters. The number of pyridine rings is 1. The minimum absolute atomic E-state index is 0. The largest absolute Gasteiger partial charge is 0.397 e. The van der Waals surface area contributed by atoms with E-state index in [9.17, 15) is 4.79 Å². The van der Waals surface area contributed by atoms with E-state index in [0.717, 1.165) is 11.2 Å². The maximum absolute atomic E-state index is 12.4. The summed E-state index contributed by atoms with van der Waals surface area (Å²) in [5.41, 5.74) is 7.81. The molecule has 100 valence electrons. The van der Waals surface area contributed by atoms with Gasteiger partial charge in [0.2, 0.25) is 0 Å². The minimum Gasteiger partial charge on any atom is -0.397 e. The molecule has 0 radical (unpaired) electrons. The topological polar surface area (TPSA) is 70.8 Å². The van der Waals surface area contributed by atoms with Crippen molar-refractivity contribution in [1.29, 1.82) is 0 Å². The van der Waals surface area contributed by atoms with Crippen LogP contribution in [0.25, 0.3) is 16.6 Å². The number of anilines is 1. The third kappa shape index (κ3) is 1.90. The Labute approximate surface area is 115 Å². The Morgan fingerprint density at radius 3 is 2.63 bits per heavy atom. The lowest BCUT2D eigenvalue weighted by atomic mass is 10.3. The number of rotatable bonds is 1. The van der Waals surface area contributed by atoms with Gasteiger partial charge in [-0.15, -0.1) is 12.4 Å². The van der Waals surface area contributed by atoms with Crippen LogP contribution in [0.4, 0.5) is 5.69 Å². The summed E-state index contributed by atoms with van der Waals surface area (Å²) in [7, 11) is 3.68. The van der Waals surface area contributed by atoms with Crippen LogP contribution < -0.4 is 11.3 Å². The van der Waals surface area contributed by atoms with E-state index >= 15 is 0 Å². The fraction of sp³-hybridized carbons (Fsp3) is 0.167. The van der Waals surface area contributed by atoms with Gasteiger partial charge in [0.15, 0.2) is 0 Å². The molecule has 0 aliphatic carbocycles. The number of aryl methyl sites for hydroxylation is 2. The molecule has 0 unspecified atom stereocenters. The van der Waals surface area contributed by atoms with Crippen LogP contribution in [0, 0.1) is 0 Å². The molecule has 0 spiro atoms. The molecule has 3 aromatic rings. The number of hydrogen-bond acceptors (Lipinski definition) is 3. The highest BCUT2D eigenvalue weighted by Gasteiger charge is 2.11. The van der Waals surface area contributed by atoms with Gasteiger partial charge in [0.25, 0.3) is 5.56 Å². The molecule has 0 bridgehead atoms. The summed E-state index contributed by atoms with van der Waals surface area (Å²) < 4.78 is 5.05. The Bertz CT molecular complexity index is 798. The van der Waals surface area contributed by atoms with E-state index < -0.39 is 0 Å². The molecule has 0 saturated carbocycles. The van der Waals surface area contributed by atoms with Gasteiger partial charge >= 0.3 is 0 Å². The SMILES string of the molecule is Cl.Cn1cc(-n2ccc3c(c(N)cn3C)c2=O)cn1. The molecule has 0 aliphatic heterocycles. The molecule has 0 aliphatic rings. The summed E-state index contributed by atoms with van der Waals surface area (Å²) in [4.78, 5) is 12.4. The van der Waals surface area contributed by atoms with Crippen LogP contribution in [0.3, 0.4) is 0 Å². The van der Waals surface area contributed by atoms with Gasteiger partial charge in [0.05, 0.1) is 28.5 Å². The first kappa shape index (κ1) is 13.2. The fourth-order valence-electron chi connectivity index (χ4n) is 2.17. The van der Waals surface area contributed by atoms with Crippen molar-refractivity contribution in [3.63, 3.8) is 0 Å². The molecule has 3 aromatic heterocycles. The van der Waals surface area contributed by atoms with Crippen LogP contribution in [0.5, 0.6) is 0 Å². The van der Waals surface area contributed by atoms with E-state index in [1.165, 1.54) is 0 Å². The summed E-state index contributed by atoms with van der Waals surface area (Å²) in [5.74, 6) is 0. The molecular formula is C12H14ClN5O. The van der Waals surface area contributed by atoms with Crippen LogP contribution in [0.15, 0.2) is 35.6 Å². The van der Waals surface area contributed by atoms with Crippen molar-refractivity contribution < 1.29 is 0 Å². The van der Waals surface area contributed by atoms with Crippen molar-refractivity contribution in [2.24, 2.45) is 14.1 Å². The zero-order chi connectivity index (χ0) is 12.9. The minimum atomic E-state index is -0.126. The maximum atomic E-state index is 12.4. The molecule has 3 heterocycles.